The fourth-order valence-electron chi connectivity index (χ4n) is 8.95. The Bertz CT molecular complexity index is 1600. The summed E-state index contributed by atoms with van der Waals surface area (Å²) >= 11 is 0. The van der Waals surface area contributed by atoms with Crippen molar-refractivity contribution in [2.45, 2.75) is 311 Å². The van der Waals surface area contributed by atoms with Crippen molar-refractivity contribution in [3.05, 3.63) is 0 Å². The van der Waals surface area contributed by atoms with Crippen molar-refractivity contribution in [3.63, 3.8) is 0 Å². The third-order valence-electron chi connectivity index (χ3n) is 13.9. The molecule has 0 aromatic rings. The number of phosphoric ester groups is 2. The Balaban J connectivity index is 5.19. The molecule has 0 aliphatic rings. The van der Waals surface area contributed by atoms with Gasteiger partial charge in [-0.1, -0.05) is 241 Å². The SMILES string of the molecule is CCCCCCCC(=O)OC[C@H](COP(=O)(O)OC[C@H](O)COP(=O)(O)OC[C@@H](COC(=O)CCCCCCCCCCC(C)C)OC(=O)CCCCCCCCCCCCC(C)C)OC(=O)CCCCCCCCCCC(C)C. The van der Waals surface area contributed by atoms with E-state index in [0.717, 1.165) is 114 Å². The summed E-state index contributed by atoms with van der Waals surface area (Å²) in [6, 6.07) is 0. The minimum absolute atomic E-state index is 0.103. The molecule has 0 radical (unpaired) electrons. The molecule has 2 unspecified atom stereocenters. The summed E-state index contributed by atoms with van der Waals surface area (Å²) in [6.45, 7) is 11.6. The van der Waals surface area contributed by atoms with Gasteiger partial charge in [-0.15, -0.1) is 0 Å². The molecule has 0 aromatic heterocycles. The van der Waals surface area contributed by atoms with E-state index in [4.69, 9.17) is 37.0 Å². The first kappa shape index (κ1) is 78.1. The van der Waals surface area contributed by atoms with Crippen LogP contribution in [0.3, 0.4) is 0 Å². The number of carbonyl (C=O) groups is 4. The molecule has 0 aliphatic carbocycles. The van der Waals surface area contributed by atoms with Crippen LogP contribution in [0.2, 0.25) is 0 Å². The van der Waals surface area contributed by atoms with Gasteiger partial charge in [0.2, 0.25) is 0 Å². The van der Waals surface area contributed by atoms with Crippen molar-refractivity contribution in [2.24, 2.45) is 17.8 Å². The first-order valence-electron chi connectivity index (χ1n) is 31.8. The highest BCUT2D eigenvalue weighted by atomic mass is 31.2. The number of aliphatic hydroxyl groups is 1. The standard InChI is InChI=1S/C61H118O17P2/c1-8-9-10-25-35-42-58(63)71-48-56(77-61(66)45-38-31-24-18-16-21-28-34-41-54(6)7)50-75-79(67,68)73-46-55(62)47-74-80(69,70)76-51-57(49-72-59(64)43-36-29-22-17-15-20-27-33-40-53(4)5)78-60(65)44-37-30-23-14-12-11-13-19-26-32-39-52(2)3/h52-57,62H,8-51H2,1-7H3,(H,67,68)(H,69,70)/t55-,56+,57+/m0/s1. The van der Waals surface area contributed by atoms with Crippen LogP contribution in [-0.4, -0.2) is 96.7 Å². The van der Waals surface area contributed by atoms with Crippen molar-refractivity contribution in [1.82, 2.24) is 0 Å². The Hall–Kier alpha value is -1.94. The molecule has 0 heterocycles. The largest absolute Gasteiger partial charge is 0.472 e. The first-order chi connectivity index (χ1) is 38.2. The van der Waals surface area contributed by atoms with Gasteiger partial charge < -0.3 is 33.8 Å². The van der Waals surface area contributed by atoms with Crippen LogP contribution >= 0.6 is 15.6 Å². The Labute approximate surface area is 486 Å². The Kier molecular flexibility index (Phi) is 51.3. The van der Waals surface area contributed by atoms with E-state index in [1.54, 1.807) is 0 Å². The molecule has 5 atom stereocenters. The molecule has 19 heteroatoms. The molecule has 0 rings (SSSR count). The van der Waals surface area contributed by atoms with Gasteiger partial charge >= 0.3 is 39.5 Å². The van der Waals surface area contributed by atoms with Crippen molar-refractivity contribution in [3.8, 4) is 0 Å². The van der Waals surface area contributed by atoms with Crippen molar-refractivity contribution < 1.29 is 80.2 Å². The molecule has 0 aliphatic heterocycles. The molecule has 0 amide bonds. The average Bonchev–Trinajstić information content (AvgIpc) is 3.40. The number of phosphoric acid groups is 2. The minimum atomic E-state index is -4.94. The lowest BCUT2D eigenvalue weighted by Gasteiger charge is -2.21. The number of unbranched alkanes of at least 4 members (excludes halogenated alkanes) is 27. The molecule has 474 valence electrons. The van der Waals surface area contributed by atoms with Crippen LogP contribution < -0.4 is 0 Å². The summed E-state index contributed by atoms with van der Waals surface area (Å²) < 4.78 is 67.7. The van der Waals surface area contributed by atoms with E-state index in [1.165, 1.54) is 96.3 Å². The summed E-state index contributed by atoms with van der Waals surface area (Å²) in [5, 5.41) is 10.5. The molecule has 0 saturated heterocycles. The maximum atomic E-state index is 12.9. The predicted octanol–water partition coefficient (Wildman–Crippen LogP) is 16.3. The topological polar surface area (TPSA) is 237 Å². The lowest BCUT2D eigenvalue weighted by Crippen LogP contribution is -2.30. The van der Waals surface area contributed by atoms with Crippen LogP contribution in [0.5, 0.6) is 0 Å². The number of rotatable bonds is 59. The highest BCUT2D eigenvalue weighted by Gasteiger charge is 2.30. The van der Waals surface area contributed by atoms with Crippen LogP contribution in [0.15, 0.2) is 0 Å². The highest BCUT2D eigenvalue weighted by Crippen LogP contribution is 2.45. The monoisotopic (exact) mass is 1180 g/mol. The summed E-state index contributed by atoms with van der Waals surface area (Å²) in [5.41, 5.74) is 0. The number of aliphatic hydroxyl groups excluding tert-OH is 1. The quantitative estimate of drug-likeness (QED) is 0.0222. The van der Waals surface area contributed by atoms with Crippen LogP contribution in [-0.2, 0) is 65.4 Å². The zero-order chi connectivity index (χ0) is 59.5. The lowest BCUT2D eigenvalue weighted by molar-refractivity contribution is -0.161. The molecule has 0 spiro atoms. The predicted molar refractivity (Wildman–Crippen MR) is 317 cm³/mol. The van der Waals surface area contributed by atoms with E-state index < -0.39 is 97.5 Å². The van der Waals surface area contributed by atoms with Gasteiger partial charge in [0, 0.05) is 25.7 Å². The smallest absolute Gasteiger partial charge is 0.462 e. The molecule has 17 nitrogen and oxygen atoms in total. The number of hydrogen-bond donors (Lipinski definition) is 3. The summed E-state index contributed by atoms with van der Waals surface area (Å²) in [4.78, 5) is 71.8. The molecular formula is C61H118O17P2. The van der Waals surface area contributed by atoms with E-state index in [2.05, 4.69) is 48.5 Å². The van der Waals surface area contributed by atoms with Gasteiger partial charge in [0.05, 0.1) is 26.4 Å². The zero-order valence-electron chi connectivity index (χ0n) is 51.5. The zero-order valence-corrected chi connectivity index (χ0v) is 53.3. The van der Waals surface area contributed by atoms with Gasteiger partial charge in [-0.25, -0.2) is 9.13 Å². The van der Waals surface area contributed by atoms with Crippen molar-refractivity contribution >= 4 is 39.5 Å². The fourth-order valence-corrected chi connectivity index (χ4v) is 10.5. The number of esters is 4. The third kappa shape index (κ3) is 55.3. The van der Waals surface area contributed by atoms with Gasteiger partial charge in [-0.05, 0) is 43.4 Å². The molecule has 0 bridgehead atoms. The molecular weight excluding hydrogens is 1070 g/mol. The maximum Gasteiger partial charge on any atom is 0.472 e. The maximum absolute atomic E-state index is 12.9. The lowest BCUT2D eigenvalue weighted by atomic mass is 10.0. The minimum Gasteiger partial charge on any atom is -0.462 e. The first-order valence-corrected chi connectivity index (χ1v) is 34.8. The Morgan fingerprint density at radius 3 is 0.850 bits per heavy atom. The van der Waals surface area contributed by atoms with Crippen LogP contribution in [0.4, 0.5) is 0 Å². The fraction of sp³-hybridized carbons (Fsp3) is 0.934. The number of carbonyl (C=O) groups excluding carboxylic acids is 4. The molecule has 0 aromatic carbocycles. The second kappa shape index (κ2) is 52.6. The molecule has 3 N–H and O–H groups in total. The second-order valence-corrected chi connectivity index (χ2v) is 26.4. The van der Waals surface area contributed by atoms with Gasteiger partial charge in [-0.2, -0.15) is 0 Å². The van der Waals surface area contributed by atoms with Gasteiger partial charge in [0.1, 0.15) is 19.3 Å². The Morgan fingerprint density at radius 2 is 0.575 bits per heavy atom. The second-order valence-electron chi connectivity index (χ2n) is 23.5. The van der Waals surface area contributed by atoms with E-state index >= 15 is 0 Å². The van der Waals surface area contributed by atoms with E-state index in [1.807, 2.05) is 0 Å². The van der Waals surface area contributed by atoms with Gasteiger partial charge in [0.15, 0.2) is 12.2 Å². The van der Waals surface area contributed by atoms with Crippen LogP contribution in [0, 0.1) is 17.8 Å². The third-order valence-corrected chi connectivity index (χ3v) is 15.8. The number of hydrogen-bond acceptors (Lipinski definition) is 15. The molecule has 0 fully saturated rings. The van der Waals surface area contributed by atoms with Gasteiger partial charge in [0.25, 0.3) is 0 Å². The van der Waals surface area contributed by atoms with E-state index in [0.29, 0.717) is 25.7 Å². The van der Waals surface area contributed by atoms with Gasteiger partial charge in [-0.3, -0.25) is 37.3 Å². The average molecular weight is 1190 g/mol. The Morgan fingerprint density at radius 1 is 0.338 bits per heavy atom. The molecule has 0 saturated carbocycles. The number of ether oxygens (including phenoxy) is 4. The summed E-state index contributed by atoms with van der Waals surface area (Å²) in [6.07, 6.45) is 32.5. The van der Waals surface area contributed by atoms with Crippen molar-refractivity contribution in [2.75, 3.05) is 39.6 Å². The summed E-state index contributed by atoms with van der Waals surface area (Å²) in [7, 11) is -9.87. The highest BCUT2D eigenvalue weighted by molar-refractivity contribution is 7.47. The normalized spacial score (nSPS) is 14.5. The van der Waals surface area contributed by atoms with E-state index in [9.17, 15) is 43.2 Å². The molecule has 80 heavy (non-hydrogen) atoms. The van der Waals surface area contributed by atoms with Crippen LogP contribution in [0.1, 0.15) is 292 Å². The van der Waals surface area contributed by atoms with E-state index in [-0.39, 0.29) is 25.7 Å². The summed E-state index contributed by atoms with van der Waals surface area (Å²) in [5.74, 6) is 0.0449. The van der Waals surface area contributed by atoms with Crippen molar-refractivity contribution in [1.29, 1.82) is 0 Å². The van der Waals surface area contributed by atoms with Crippen LogP contribution in [0.25, 0.3) is 0 Å².